The average molecular weight is 203 g/mol. The first-order chi connectivity index (χ1) is 7.18. The Kier molecular flexibility index (Phi) is 2.24. The lowest BCUT2D eigenvalue weighted by molar-refractivity contribution is 0.102. The highest BCUT2D eigenvalue weighted by Crippen LogP contribution is 2.02. The van der Waals surface area contributed by atoms with Crippen molar-refractivity contribution < 1.29 is 4.79 Å². The maximum absolute atomic E-state index is 11.8. The van der Waals surface area contributed by atoms with Gasteiger partial charge in [0.1, 0.15) is 5.69 Å². The molecule has 0 N–H and O–H groups in total. The molecule has 2 rings (SSSR count). The minimum atomic E-state index is -0.275. The Morgan fingerprint density at radius 1 is 1.27 bits per heavy atom. The fourth-order valence-corrected chi connectivity index (χ4v) is 1.12. The second kappa shape index (κ2) is 3.56. The van der Waals surface area contributed by atoms with Crippen molar-refractivity contribution in [2.75, 3.05) is 0 Å². The van der Waals surface area contributed by atoms with Gasteiger partial charge in [-0.05, 0) is 12.5 Å². The highest BCUT2D eigenvalue weighted by molar-refractivity contribution is 6.04. The standard InChI is InChI=1S/C9H9N5O/c1-6-3-10-9(11-4-6)8(15)7-5-12-13-14(7)2/h3-5H,1-2H3. The second-order valence-electron chi connectivity index (χ2n) is 3.16. The van der Waals surface area contributed by atoms with Crippen LogP contribution < -0.4 is 0 Å². The molecule has 2 heterocycles. The SMILES string of the molecule is Cc1cnc(C(=O)c2cnnn2C)nc1. The molecule has 0 spiro atoms. The summed E-state index contributed by atoms with van der Waals surface area (Å²) in [6.45, 7) is 1.86. The number of nitrogens with zero attached hydrogens (tertiary/aromatic N) is 5. The number of hydrogen-bond acceptors (Lipinski definition) is 5. The van der Waals surface area contributed by atoms with Crippen LogP contribution in [-0.2, 0) is 7.05 Å². The van der Waals surface area contributed by atoms with E-state index in [1.165, 1.54) is 10.9 Å². The molecule has 6 nitrogen and oxygen atoms in total. The molecule has 6 heteroatoms. The van der Waals surface area contributed by atoms with E-state index in [0.29, 0.717) is 5.69 Å². The summed E-state index contributed by atoms with van der Waals surface area (Å²) in [4.78, 5) is 19.7. The summed E-state index contributed by atoms with van der Waals surface area (Å²) in [5, 5.41) is 7.29. The summed E-state index contributed by atoms with van der Waals surface area (Å²) in [6, 6.07) is 0. The van der Waals surface area contributed by atoms with Crippen molar-refractivity contribution in [3.63, 3.8) is 0 Å². The van der Waals surface area contributed by atoms with Crippen LogP contribution in [0.5, 0.6) is 0 Å². The van der Waals surface area contributed by atoms with Crippen LogP contribution in [0.15, 0.2) is 18.6 Å². The molecule has 0 aliphatic rings. The topological polar surface area (TPSA) is 73.6 Å². The first-order valence-corrected chi connectivity index (χ1v) is 4.36. The van der Waals surface area contributed by atoms with Crippen LogP contribution in [0.1, 0.15) is 21.9 Å². The Labute approximate surface area is 86.0 Å². The largest absolute Gasteiger partial charge is 0.283 e. The van der Waals surface area contributed by atoms with E-state index in [2.05, 4.69) is 20.3 Å². The van der Waals surface area contributed by atoms with E-state index in [1.807, 2.05) is 6.92 Å². The molecule has 0 atom stereocenters. The molecule has 0 saturated heterocycles. The molecule has 0 bridgehead atoms. The summed E-state index contributed by atoms with van der Waals surface area (Å²) in [5.74, 6) is -0.117. The number of ketones is 1. The zero-order chi connectivity index (χ0) is 10.8. The predicted octanol–water partition coefficient (Wildman–Crippen LogP) is 0.145. The van der Waals surface area contributed by atoms with Gasteiger partial charge in [-0.15, -0.1) is 5.10 Å². The Balaban J connectivity index is 2.37. The zero-order valence-electron chi connectivity index (χ0n) is 8.38. The van der Waals surface area contributed by atoms with Crippen molar-refractivity contribution >= 4 is 5.78 Å². The third-order valence-electron chi connectivity index (χ3n) is 1.93. The van der Waals surface area contributed by atoms with Gasteiger partial charge in [-0.25, -0.2) is 14.6 Å². The van der Waals surface area contributed by atoms with E-state index < -0.39 is 0 Å². The molecule has 0 unspecified atom stereocenters. The smallest absolute Gasteiger partial charge is 0.249 e. The molecule has 0 aliphatic heterocycles. The quantitative estimate of drug-likeness (QED) is 0.649. The van der Waals surface area contributed by atoms with Crippen LogP contribution in [0.25, 0.3) is 0 Å². The lowest BCUT2D eigenvalue weighted by Gasteiger charge is -1.98. The second-order valence-corrected chi connectivity index (χ2v) is 3.16. The molecule has 0 saturated carbocycles. The predicted molar refractivity (Wildman–Crippen MR) is 51.2 cm³/mol. The van der Waals surface area contributed by atoms with E-state index in [0.717, 1.165) is 5.56 Å². The fourth-order valence-electron chi connectivity index (χ4n) is 1.12. The van der Waals surface area contributed by atoms with Gasteiger partial charge < -0.3 is 0 Å². The summed E-state index contributed by atoms with van der Waals surface area (Å²) in [6.07, 6.45) is 4.60. The lowest BCUT2D eigenvalue weighted by Crippen LogP contribution is -2.11. The summed E-state index contributed by atoms with van der Waals surface area (Å²) >= 11 is 0. The molecule has 2 aromatic heterocycles. The third-order valence-corrected chi connectivity index (χ3v) is 1.93. The number of aryl methyl sites for hydroxylation is 2. The molecule has 0 fully saturated rings. The number of carbonyl (C=O) groups excluding carboxylic acids is 1. The lowest BCUT2D eigenvalue weighted by atomic mass is 10.3. The molecule has 0 amide bonds. The molecule has 15 heavy (non-hydrogen) atoms. The van der Waals surface area contributed by atoms with Gasteiger partial charge in [0, 0.05) is 19.4 Å². The van der Waals surface area contributed by atoms with Gasteiger partial charge in [0.25, 0.3) is 0 Å². The van der Waals surface area contributed by atoms with Gasteiger partial charge in [-0.2, -0.15) is 0 Å². The first kappa shape index (κ1) is 9.45. The molecule has 76 valence electrons. The highest BCUT2D eigenvalue weighted by atomic mass is 16.1. The van der Waals surface area contributed by atoms with E-state index in [4.69, 9.17) is 0 Å². The first-order valence-electron chi connectivity index (χ1n) is 4.36. The highest BCUT2D eigenvalue weighted by Gasteiger charge is 2.15. The van der Waals surface area contributed by atoms with Crippen LogP contribution in [0, 0.1) is 6.92 Å². The van der Waals surface area contributed by atoms with Crippen LogP contribution in [-0.4, -0.2) is 30.7 Å². The normalized spacial score (nSPS) is 10.3. The van der Waals surface area contributed by atoms with Gasteiger partial charge in [-0.1, -0.05) is 5.21 Å². The number of carbonyl (C=O) groups is 1. The van der Waals surface area contributed by atoms with Gasteiger partial charge in [0.2, 0.25) is 11.6 Å². The van der Waals surface area contributed by atoms with Crippen LogP contribution >= 0.6 is 0 Å². The Morgan fingerprint density at radius 2 is 1.93 bits per heavy atom. The van der Waals surface area contributed by atoms with Crippen molar-refractivity contribution in [1.29, 1.82) is 0 Å². The fraction of sp³-hybridized carbons (Fsp3) is 0.222. The Hall–Kier alpha value is -2.11. The third kappa shape index (κ3) is 1.74. The molecular formula is C9H9N5O. The van der Waals surface area contributed by atoms with Gasteiger partial charge in [0.15, 0.2) is 0 Å². The monoisotopic (exact) mass is 203 g/mol. The van der Waals surface area contributed by atoms with Crippen LogP contribution in [0.2, 0.25) is 0 Å². The van der Waals surface area contributed by atoms with Crippen molar-refractivity contribution in [2.24, 2.45) is 7.05 Å². The minimum absolute atomic E-state index is 0.158. The van der Waals surface area contributed by atoms with Crippen molar-refractivity contribution in [3.05, 3.63) is 35.7 Å². The van der Waals surface area contributed by atoms with Crippen molar-refractivity contribution in [3.8, 4) is 0 Å². The number of hydrogen-bond donors (Lipinski definition) is 0. The van der Waals surface area contributed by atoms with Crippen molar-refractivity contribution in [2.45, 2.75) is 6.92 Å². The zero-order valence-corrected chi connectivity index (χ0v) is 8.38. The van der Waals surface area contributed by atoms with Gasteiger partial charge >= 0.3 is 0 Å². The maximum Gasteiger partial charge on any atom is 0.249 e. The van der Waals surface area contributed by atoms with Gasteiger partial charge in [0.05, 0.1) is 6.20 Å². The summed E-state index contributed by atoms with van der Waals surface area (Å²) in [5.41, 5.74) is 1.29. The number of rotatable bonds is 2. The average Bonchev–Trinajstić information content (AvgIpc) is 2.65. The van der Waals surface area contributed by atoms with Crippen LogP contribution in [0.4, 0.5) is 0 Å². The van der Waals surface area contributed by atoms with E-state index in [-0.39, 0.29) is 11.6 Å². The van der Waals surface area contributed by atoms with E-state index >= 15 is 0 Å². The molecule has 0 radical (unpaired) electrons. The van der Waals surface area contributed by atoms with Crippen molar-refractivity contribution in [1.82, 2.24) is 25.0 Å². The summed E-state index contributed by atoms with van der Waals surface area (Å²) in [7, 11) is 1.65. The minimum Gasteiger partial charge on any atom is -0.283 e. The number of aromatic nitrogens is 5. The molecular weight excluding hydrogens is 194 g/mol. The Morgan fingerprint density at radius 3 is 2.47 bits per heavy atom. The maximum atomic E-state index is 11.8. The summed E-state index contributed by atoms with van der Waals surface area (Å²) < 4.78 is 1.39. The Bertz CT molecular complexity index is 487. The van der Waals surface area contributed by atoms with E-state index in [1.54, 1.807) is 19.4 Å². The van der Waals surface area contributed by atoms with Crippen LogP contribution in [0.3, 0.4) is 0 Å². The molecule has 0 aromatic carbocycles. The molecule has 0 aliphatic carbocycles. The van der Waals surface area contributed by atoms with Gasteiger partial charge in [-0.3, -0.25) is 4.79 Å². The van der Waals surface area contributed by atoms with E-state index in [9.17, 15) is 4.79 Å². The molecule has 2 aromatic rings.